The molecular formula is C19H22N6O5S. The van der Waals surface area contributed by atoms with Crippen LogP contribution in [0, 0.1) is 5.92 Å². The maximum Gasteiger partial charge on any atom is 0.350 e. The molecular weight excluding hydrogens is 424 g/mol. The van der Waals surface area contributed by atoms with Crippen LogP contribution in [-0.4, -0.2) is 59.2 Å². The Balaban J connectivity index is 1.74. The molecule has 2 heterocycles. The summed E-state index contributed by atoms with van der Waals surface area (Å²) >= 11 is 0. The van der Waals surface area contributed by atoms with Gasteiger partial charge in [0.25, 0.3) is 5.91 Å². The molecule has 1 unspecified atom stereocenters. The molecule has 1 aromatic rings. The predicted molar refractivity (Wildman–Crippen MR) is 110 cm³/mol. The summed E-state index contributed by atoms with van der Waals surface area (Å²) in [6.45, 7) is 1.72. The van der Waals surface area contributed by atoms with Crippen molar-refractivity contribution in [2.24, 2.45) is 18.0 Å². The second-order valence-electron chi connectivity index (χ2n) is 8.08. The van der Waals surface area contributed by atoms with Crippen molar-refractivity contribution in [1.29, 1.82) is 0 Å². The molecule has 1 aliphatic heterocycles. The number of aryl methyl sites for hydroxylation is 1. The maximum atomic E-state index is 13.2. The van der Waals surface area contributed by atoms with E-state index in [-0.39, 0.29) is 22.7 Å². The summed E-state index contributed by atoms with van der Waals surface area (Å²) in [4.78, 5) is 42.9. The first-order chi connectivity index (χ1) is 14.5. The number of sulfonamides is 1. The molecule has 11 nitrogen and oxygen atoms in total. The number of amides is 4. The fourth-order valence-corrected chi connectivity index (χ4v) is 5.02. The highest BCUT2D eigenvalue weighted by molar-refractivity contribution is 7.93. The van der Waals surface area contributed by atoms with Crippen LogP contribution in [0.3, 0.4) is 0 Å². The van der Waals surface area contributed by atoms with Crippen LogP contribution in [0.4, 0.5) is 4.79 Å². The molecule has 4 rings (SSSR count). The zero-order valence-electron chi connectivity index (χ0n) is 17.2. The normalized spacial score (nSPS) is 22.4. The van der Waals surface area contributed by atoms with Crippen LogP contribution in [0.25, 0.3) is 0 Å². The minimum absolute atomic E-state index is 0.0617. The Morgan fingerprint density at radius 3 is 2.61 bits per heavy atom. The summed E-state index contributed by atoms with van der Waals surface area (Å²) in [6.07, 6.45) is 6.97. The quantitative estimate of drug-likeness (QED) is 0.629. The van der Waals surface area contributed by atoms with E-state index < -0.39 is 39.3 Å². The largest absolute Gasteiger partial charge is 0.355 e. The molecule has 2 N–H and O–H groups in total. The van der Waals surface area contributed by atoms with Crippen LogP contribution < -0.4 is 10.0 Å². The van der Waals surface area contributed by atoms with Gasteiger partial charge in [-0.15, -0.1) is 0 Å². The average molecular weight is 446 g/mol. The molecule has 31 heavy (non-hydrogen) atoms. The van der Waals surface area contributed by atoms with E-state index in [1.54, 1.807) is 20.2 Å². The van der Waals surface area contributed by atoms with Crippen molar-refractivity contribution in [2.75, 3.05) is 7.05 Å². The number of urea groups is 1. The van der Waals surface area contributed by atoms with E-state index in [0.29, 0.717) is 18.4 Å². The Kier molecular flexibility index (Phi) is 4.93. The summed E-state index contributed by atoms with van der Waals surface area (Å²) < 4.78 is 30.0. The topological polar surface area (TPSA) is 143 Å². The van der Waals surface area contributed by atoms with Crippen molar-refractivity contribution in [1.82, 2.24) is 24.7 Å². The van der Waals surface area contributed by atoms with Gasteiger partial charge in [-0.2, -0.15) is 10.1 Å². The van der Waals surface area contributed by atoms with E-state index in [1.165, 1.54) is 24.0 Å². The molecule has 164 valence electrons. The Morgan fingerprint density at radius 1 is 1.32 bits per heavy atom. The number of nitrogens with one attached hydrogen (secondary N) is 2. The van der Waals surface area contributed by atoms with Gasteiger partial charge in [0.2, 0.25) is 15.9 Å². The minimum atomic E-state index is -3.98. The van der Waals surface area contributed by atoms with Gasteiger partial charge in [-0.3, -0.25) is 19.2 Å². The van der Waals surface area contributed by atoms with Gasteiger partial charge in [0.1, 0.15) is 5.92 Å². The Bertz CT molecular complexity index is 1190. The number of aromatic nitrogens is 2. The number of nitrogens with zero attached hydrogens (tertiary/aromatic N) is 4. The van der Waals surface area contributed by atoms with Crippen molar-refractivity contribution in [3.8, 4) is 0 Å². The third kappa shape index (κ3) is 3.95. The van der Waals surface area contributed by atoms with Crippen LogP contribution in [0.1, 0.15) is 25.3 Å². The number of aliphatic imine (C=N–C) groups is 1. The van der Waals surface area contributed by atoms with Gasteiger partial charge in [-0.05, 0) is 31.9 Å². The zero-order chi connectivity index (χ0) is 22.6. The van der Waals surface area contributed by atoms with E-state index in [4.69, 9.17) is 0 Å². The van der Waals surface area contributed by atoms with Gasteiger partial charge in [-0.25, -0.2) is 17.9 Å². The molecule has 4 amide bonds. The summed E-state index contributed by atoms with van der Waals surface area (Å²) in [5.74, 6) is -2.47. The van der Waals surface area contributed by atoms with Crippen molar-refractivity contribution < 1.29 is 22.8 Å². The number of likely N-dealkylation sites (N-methyl/N-ethyl adjacent to an activating group) is 1. The van der Waals surface area contributed by atoms with Crippen molar-refractivity contribution in [3.05, 3.63) is 40.6 Å². The highest BCUT2D eigenvalue weighted by Crippen LogP contribution is 2.37. The molecule has 0 saturated heterocycles. The lowest BCUT2D eigenvalue weighted by Gasteiger charge is -2.31. The second kappa shape index (κ2) is 7.24. The SMILES string of the molecule is CNC(=O)C1=CC(S(=O)(=O)NC2(C)CC2)=CC2C(=O)N(Cc3cnn(C)c3)C(=O)N=C12. The van der Waals surface area contributed by atoms with Crippen molar-refractivity contribution in [2.45, 2.75) is 31.8 Å². The second-order valence-corrected chi connectivity index (χ2v) is 9.76. The van der Waals surface area contributed by atoms with Gasteiger partial charge in [0.15, 0.2) is 0 Å². The molecule has 0 bridgehead atoms. The van der Waals surface area contributed by atoms with E-state index >= 15 is 0 Å². The fraction of sp³-hybridized carbons (Fsp3) is 0.421. The van der Waals surface area contributed by atoms with E-state index in [1.807, 2.05) is 0 Å². The number of allylic oxidation sites excluding steroid dienone is 1. The monoisotopic (exact) mass is 446 g/mol. The lowest BCUT2D eigenvalue weighted by atomic mass is 9.88. The van der Waals surface area contributed by atoms with E-state index in [9.17, 15) is 22.8 Å². The standard InChI is InChI=1S/C19H22N6O5S/c1-19(4-5-19)23-31(29,30)12-6-13(16(26)20-2)15-14(7-12)17(27)25(18(28)22-15)10-11-8-21-24(3)9-11/h6-9,14,23H,4-5,10H2,1-3H3,(H,20,26). The smallest absolute Gasteiger partial charge is 0.350 e. The van der Waals surface area contributed by atoms with Crippen LogP contribution in [0.2, 0.25) is 0 Å². The van der Waals surface area contributed by atoms with Gasteiger partial charge < -0.3 is 5.32 Å². The molecule has 1 aromatic heterocycles. The van der Waals surface area contributed by atoms with Crippen LogP contribution in [0.5, 0.6) is 0 Å². The Labute approximate surface area is 178 Å². The van der Waals surface area contributed by atoms with E-state index in [0.717, 1.165) is 11.0 Å². The maximum absolute atomic E-state index is 13.2. The highest BCUT2D eigenvalue weighted by atomic mass is 32.2. The number of hydrogen-bond donors (Lipinski definition) is 2. The number of carbonyl (C=O) groups is 3. The molecule has 0 radical (unpaired) electrons. The van der Waals surface area contributed by atoms with Crippen LogP contribution >= 0.6 is 0 Å². The van der Waals surface area contributed by atoms with Crippen LogP contribution in [-0.2, 0) is 33.2 Å². The first-order valence-corrected chi connectivity index (χ1v) is 11.1. The first-order valence-electron chi connectivity index (χ1n) is 9.64. The van der Waals surface area contributed by atoms with Gasteiger partial charge in [0.05, 0.1) is 28.9 Å². The fourth-order valence-electron chi connectivity index (χ4n) is 3.46. The molecule has 0 spiro atoms. The minimum Gasteiger partial charge on any atom is -0.355 e. The number of hydrogen-bond acceptors (Lipinski definition) is 6. The average Bonchev–Trinajstić information content (AvgIpc) is 3.27. The van der Waals surface area contributed by atoms with Gasteiger partial charge >= 0.3 is 6.03 Å². The summed E-state index contributed by atoms with van der Waals surface area (Å²) in [7, 11) is -0.909. The Hall–Kier alpha value is -3.12. The molecule has 3 aliphatic rings. The summed E-state index contributed by atoms with van der Waals surface area (Å²) in [6, 6.07) is -0.821. The number of imide groups is 1. The van der Waals surface area contributed by atoms with Gasteiger partial charge in [0, 0.05) is 31.4 Å². The lowest BCUT2D eigenvalue weighted by molar-refractivity contribution is -0.129. The molecule has 12 heteroatoms. The van der Waals surface area contributed by atoms with Gasteiger partial charge in [-0.1, -0.05) is 0 Å². The number of fused-ring (bicyclic) bond motifs is 1. The first kappa shape index (κ1) is 21.1. The highest BCUT2D eigenvalue weighted by Gasteiger charge is 2.45. The third-order valence-electron chi connectivity index (χ3n) is 5.43. The molecule has 1 atom stereocenters. The van der Waals surface area contributed by atoms with Crippen molar-refractivity contribution >= 4 is 33.6 Å². The predicted octanol–water partition coefficient (Wildman–Crippen LogP) is -0.0187. The Morgan fingerprint density at radius 2 is 2.03 bits per heavy atom. The van der Waals surface area contributed by atoms with E-state index in [2.05, 4.69) is 20.1 Å². The molecule has 2 aliphatic carbocycles. The summed E-state index contributed by atoms with van der Waals surface area (Å²) in [5, 5.41) is 6.42. The molecule has 1 saturated carbocycles. The lowest BCUT2D eigenvalue weighted by Crippen LogP contribution is -2.48. The molecule has 0 aromatic carbocycles. The third-order valence-corrected chi connectivity index (χ3v) is 7.07. The summed E-state index contributed by atoms with van der Waals surface area (Å²) in [5.41, 5.74) is -0.109. The number of carbonyl (C=O) groups excluding carboxylic acids is 3. The molecule has 1 fully saturated rings. The number of rotatable bonds is 6. The van der Waals surface area contributed by atoms with Crippen LogP contribution in [0.15, 0.2) is 40.0 Å². The van der Waals surface area contributed by atoms with Crippen molar-refractivity contribution in [3.63, 3.8) is 0 Å². The zero-order valence-corrected chi connectivity index (χ0v) is 18.1.